The third-order valence-electron chi connectivity index (χ3n) is 3.37. The highest BCUT2D eigenvalue weighted by atomic mass is 16.7. The van der Waals surface area contributed by atoms with Gasteiger partial charge in [0.1, 0.15) is 5.82 Å². The Labute approximate surface area is 120 Å². The zero-order valence-corrected chi connectivity index (χ0v) is 12.3. The summed E-state index contributed by atoms with van der Waals surface area (Å²) < 4.78 is 10.9. The van der Waals surface area contributed by atoms with Gasteiger partial charge < -0.3 is 20.5 Å². The largest absolute Gasteiger partial charge is 0.370 e. The lowest BCUT2D eigenvalue weighted by molar-refractivity contribution is -0.0462. The fourth-order valence-electron chi connectivity index (χ4n) is 2.28. The van der Waals surface area contributed by atoms with Crippen molar-refractivity contribution in [1.82, 2.24) is 9.97 Å². The molecule has 1 aliphatic heterocycles. The van der Waals surface area contributed by atoms with Crippen molar-refractivity contribution in [2.45, 2.75) is 45.8 Å². The third-order valence-corrected chi connectivity index (χ3v) is 3.37. The molecule has 6 heteroatoms. The molecule has 1 saturated heterocycles. The number of nitrogen functional groups attached to an aromatic ring is 1. The first kappa shape index (κ1) is 15.0. The van der Waals surface area contributed by atoms with E-state index in [4.69, 9.17) is 15.2 Å². The Bertz CT molecular complexity index is 433. The molecule has 1 fully saturated rings. The molecule has 2 rings (SSSR count). The predicted molar refractivity (Wildman–Crippen MR) is 78.6 cm³/mol. The summed E-state index contributed by atoms with van der Waals surface area (Å²) in [5, 5.41) is 3.36. The number of hydrogen-bond donors (Lipinski definition) is 2. The van der Waals surface area contributed by atoms with Gasteiger partial charge >= 0.3 is 0 Å². The number of nitrogens with one attached hydrogen (secondary N) is 1. The molecule has 1 aliphatic rings. The Balaban J connectivity index is 2.03. The van der Waals surface area contributed by atoms with Crippen LogP contribution in [0.1, 0.15) is 37.4 Å². The predicted octanol–water partition coefficient (Wildman–Crippen LogP) is 1.88. The highest BCUT2D eigenvalue weighted by Gasteiger charge is 2.18. The maximum Gasteiger partial charge on any atom is 0.222 e. The smallest absolute Gasteiger partial charge is 0.222 e. The summed E-state index contributed by atoms with van der Waals surface area (Å²) in [7, 11) is 0. The SMILES string of the molecule is CCCCNc1nc(N)nc(C)c1CCC1OCCO1. The minimum absolute atomic E-state index is 0.101. The minimum atomic E-state index is -0.101. The van der Waals surface area contributed by atoms with Crippen LogP contribution in [0.3, 0.4) is 0 Å². The quantitative estimate of drug-likeness (QED) is 0.742. The Kier molecular flexibility index (Phi) is 5.55. The summed E-state index contributed by atoms with van der Waals surface area (Å²) in [5.41, 5.74) is 7.77. The fourth-order valence-corrected chi connectivity index (χ4v) is 2.28. The number of anilines is 2. The van der Waals surface area contributed by atoms with Gasteiger partial charge in [-0.3, -0.25) is 0 Å². The second kappa shape index (κ2) is 7.40. The molecule has 0 aliphatic carbocycles. The summed E-state index contributed by atoms with van der Waals surface area (Å²) in [4.78, 5) is 8.58. The topological polar surface area (TPSA) is 82.3 Å². The molecule has 0 saturated carbocycles. The van der Waals surface area contributed by atoms with Crippen LogP contribution in [-0.2, 0) is 15.9 Å². The van der Waals surface area contributed by atoms with Gasteiger partial charge in [-0.1, -0.05) is 13.3 Å². The van der Waals surface area contributed by atoms with E-state index in [1.54, 1.807) is 0 Å². The number of aryl methyl sites for hydroxylation is 1. The molecule has 0 amide bonds. The standard InChI is InChI=1S/C14H24N4O2/c1-3-4-7-16-13-11(10(2)17-14(15)18-13)5-6-12-19-8-9-20-12/h12H,3-9H2,1-2H3,(H3,15,16,17,18). The molecule has 1 aromatic heterocycles. The lowest BCUT2D eigenvalue weighted by Gasteiger charge is -2.15. The molecule has 20 heavy (non-hydrogen) atoms. The van der Waals surface area contributed by atoms with E-state index in [0.717, 1.165) is 49.3 Å². The maximum atomic E-state index is 5.74. The molecule has 0 atom stereocenters. The third kappa shape index (κ3) is 4.05. The minimum Gasteiger partial charge on any atom is -0.370 e. The van der Waals surface area contributed by atoms with Crippen LogP contribution >= 0.6 is 0 Å². The van der Waals surface area contributed by atoms with Gasteiger partial charge in [0.15, 0.2) is 6.29 Å². The summed E-state index contributed by atoms with van der Waals surface area (Å²) in [5.74, 6) is 1.17. The number of nitrogens with two attached hydrogens (primary N) is 1. The van der Waals surface area contributed by atoms with Crippen LogP contribution in [0, 0.1) is 6.92 Å². The van der Waals surface area contributed by atoms with E-state index < -0.39 is 0 Å². The molecule has 112 valence electrons. The lowest BCUT2D eigenvalue weighted by atomic mass is 10.1. The monoisotopic (exact) mass is 280 g/mol. The second-order valence-corrected chi connectivity index (χ2v) is 4.98. The van der Waals surface area contributed by atoms with Gasteiger partial charge in [0, 0.05) is 24.2 Å². The number of ether oxygens (including phenoxy) is 2. The zero-order chi connectivity index (χ0) is 14.4. The van der Waals surface area contributed by atoms with Crippen LogP contribution in [0.2, 0.25) is 0 Å². The number of nitrogens with zero attached hydrogens (tertiary/aromatic N) is 2. The van der Waals surface area contributed by atoms with E-state index in [-0.39, 0.29) is 6.29 Å². The van der Waals surface area contributed by atoms with Crippen LogP contribution in [0.4, 0.5) is 11.8 Å². The lowest BCUT2D eigenvalue weighted by Crippen LogP contribution is -2.14. The van der Waals surface area contributed by atoms with E-state index >= 15 is 0 Å². The first-order chi connectivity index (χ1) is 9.70. The summed E-state index contributed by atoms with van der Waals surface area (Å²) in [6.07, 6.45) is 3.79. The molecule has 3 N–H and O–H groups in total. The van der Waals surface area contributed by atoms with Gasteiger partial charge in [-0.2, -0.15) is 4.98 Å². The van der Waals surface area contributed by atoms with Crippen molar-refractivity contribution in [3.8, 4) is 0 Å². The van der Waals surface area contributed by atoms with Gasteiger partial charge in [0.05, 0.1) is 13.2 Å². The van der Waals surface area contributed by atoms with Gasteiger partial charge in [0.25, 0.3) is 0 Å². The van der Waals surface area contributed by atoms with E-state index in [2.05, 4.69) is 22.2 Å². The number of aromatic nitrogens is 2. The zero-order valence-electron chi connectivity index (χ0n) is 12.3. The van der Waals surface area contributed by atoms with Crippen molar-refractivity contribution in [1.29, 1.82) is 0 Å². The van der Waals surface area contributed by atoms with Gasteiger partial charge in [-0.25, -0.2) is 4.98 Å². The normalized spacial score (nSPS) is 15.7. The first-order valence-electron chi connectivity index (χ1n) is 7.30. The van der Waals surface area contributed by atoms with E-state index in [0.29, 0.717) is 19.2 Å². The van der Waals surface area contributed by atoms with Crippen LogP contribution < -0.4 is 11.1 Å². The number of rotatable bonds is 7. The molecule has 0 spiro atoms. The summed E-state index contributed by atoms with van der Waals surface area (Å²) in [6, 6.07) is 0. The molecule has 0 unspecified atom stereocenters. The molecular weight excluding hydrogens is 256 g/mol. The van der Waals surface area contributed by atoms with Crippen molar-refractivity contribution in [2.75, 3.05) is 30.8 Å². The van der Waals surface area contributed by atoms with E-state index in [1.807, 2.05) is 6.92 Å². The number of hydrogen-bond acceptors (Lipinski definition) is 6. The maximum absolute atomic E-state index is 5.74. The van der Waals surface area contributed by atoms with Gasteiger partial charge in [-0.05, 0) is 19.8 Å². The van der Waals surface area contributed by atoms with Gasteiger partial charge in [0.2, 0.25) is 5.95 Å². The van der Waals surface area contributed by atoms with Crippen molar-refractivity contribution in [3.05, 3.63) is 11.3 Å². The molecule has 0 aromatic carbocycles. The van der Waals surface area contributed by atoms with Crippen LogP contribution in [0.15, 0.2) is 0 Å². The molecule has 2 heterocycles. The van der Waals surface area contributed by atoms with Crippen molar-refractivity contribution in [3.63, 3.8) is 0 Å². The molecule has 0 radical (unpaired) electrons. The summed E-state index contributed by atoms with van der Waals surface area (Å²) >= 11 is 0. The average molecular weight is 280 g/mol. The average Bonchev–Trinajstić information content (AvgIpc) is 2.91. The highest BCUT2D eigenvalue weighted by molar-refractivity contribution is 5.49. The van der Waals surface area contributed by atoms with E-state index in [9.17, 15) is 0 Å². The Morgan fingerprint density at radius 1 is 1.30 bits per heavy atom. The Morgan fingerprint density at radius 2 is 2.05 bits per heavy atom. The Morgan fingerprint density at radius 3 is 2.75 bits per heavy atom. The highest BCUT2D eigenvalue weighted by Crippen LogP contribution is 2.21. The molecule has 1 aromatic rings. The summed E-state index contributed by atoms with van der Waals surface area (Å²) in [6.45, 7) is 6.40. The van der Waals surface area contributed by atoms with E-state index in [1.165, 1.54) is 0 Å². The van der Waals surface area contributed by atoms with Crippen molar-refractivity contribution in [2.24, 2.45) is 0 Å². The van der Waals surface area contributed by atoms with Crippen LogP contribution in [0.25, 0.3) is 0 Å². The molecule has 0 bridgehead atoms. The van der Waals surface area contributed by atoms with Crippen molar-refractivity contribution >= 4 is 11.8 Å². The van der Waals surface area contributed by atoms with Gasteiger partial charge in [-0.15, -0.1) is 0 Å². The molecule has 6 nitrogen and oxygen atoms in total. The first-order valence-corrected chi connectivity index (χ1v) is 7.30. The van der Waals surface area contributed by atoms with Crippen molar-refractivity contribution < 1.29 is 9.47 Å². The Hall–Kier alpha value is -1.40. The fraction of sp³-hybridized carbons (Fsp3) is 0.714. The molecular formula is C14H24N4O2. The van der Waals surface area contributed by atoms with Crippen LogP contribution in [0.5, 0.6) is 0 Å². The second-order valence-electron chi connectivity index (χ2n) is 4.98. The number of unbranched alkanes of at least 4 members (excludes halogenated alkanes) is 1. The van der Waals surface area contributed by atoms with Crippen LogP contribution in [-0.4, -0.2) is 36.0 Å².